The molecule has 3 unspecified atom stereocenters. The monoisotopic (exact) mass is 343 g/mol. The van der Waals surface area contributed by atoms with E-state index in [1.807, 2.05) is 32.0 Å². The molecule has 0 bridgehead atoms. The molecule has 0 saturated heterocycles. The molecule has 0 radical (unpaired) electrons. The van der Waals surface area contributed by atoms with Gasteiger partial charge in [0.05, 0.1) is 18.1 Å². The van der Waals surface area contributed by atoms with Crippen LogP contribution in [0.25, 0.3) is 0 Å². The highest BCUT2D eigenvalue weighted by molar-refractivity contribution is 8.18. The molecule has 0 aromatic carbocycles. The van der Waals surface area contributed by atoms with E-state index in [-0.39, 0.29) is 11.8 Å². The Bertz CT molecular complexity index is 729. The second-order valence-corrected chi connectivity index (χ2v) is 8.64. The standard InChI is InChI=1S/C16H17N5S2/c1-3-22-16(23-4-2)15(10-18)12(11-7-5-6-8-20-11)14(15,9-17)13(19)21-16/h5-8,12H,3-4H2,1-2H3,(H2,19,21). The largest absolute Gasteiger partial charge is 0.386 e. The summed E-state index contributed by atoms with van der Waals surface area (Å²) in [6.45, 7) is 4.06. The molecule has 5 nitrogen and oxygen atoms in total. The summed E-state index contributed by atoms with van der Waals surface area (Å²) >= 11 is 3.19. The summed E-state index contributed by atoms with van der Waals surface area (Å²) in [5, 5.41) is 20.0. The maximum absolute atomic E-state index is 10.1. The fraction of sp³-hybridized carbons (Fsp3) is 0.500. The van der Waals surface area contributed by atoms with Crippen LogP contribution in [0.4, 0.5) is 0 Å². The minimum atomic E-state index is -1.07. The average molecular weight is 343 g/mol. The number of hydrogen-bond acceptors (Lipinski definition) is 7. The minimum absolute atomic E-state index is 0.277. The van der Waals surface area contributed by atoms with Crippen molar-refractivity contribution in [3.63, 3.8) is 0 Å². The van der Waals surface area contributed by atoms with Crippen molar-refractivity contribution in [2.45, 2.75) is 24.0 Å². The number of amidine groups is 1. The number of fused-ring (bicyclic) bond motifs is 1. The highest BCUT2D eigenvalue weighted by Crippen LogP contribution is 2.85. The summed E-state index contributed by atoms with van der Waals surface area (Å²) in [5.74, 6) is 1.54. The first kappa shape index (κ1) is 16.2. The van der Waals surface area contributed by atoms with Crippen molar-refractivity contribution in [2.75, 3.05) is 11.5 Å². The lowest BCUT2D eigenvalue weighted by molar-refractivity contribution is 0.562. The van der Waals surface area contributed by atoms with Crippen molar-refractivity contribution in [3.8, 4) is 12.1 Å². The number of thioether (sulfide) groups is 2. The quantitative estimate of drug-likeness (QED) is 0.825. The number of nitrogens with two attached hydrogens (primary N) is 1. The normalized spacial score (nSPS) is 33.2. The fourth-order valence-electron chi connectivity index (χ4n) is 3.74. The Labute approximate surface area is 144 Å². The van der Waals surface area contributed by atoms with Crippen LogP contribution in [-0.4, -0.2) is 26.5 Å². The van der Waals surface area contributed by atoms with Gasteiger partial charge in [-0.2, -0.15) is 10.5 Å². The van der Waals surface area contributed by atoms with E-state index in [1.165, 1.54) is 0 Å². The van der Waals surface area contributed by atoms with Crippen LogP contribution >= 0.6 is 23.5 Å². The Morgan fingerprint density at radius 3 is 2.39 bits per heavy atom. The van der Waals surface area contributed by atoms with Gasteiger partial charge in [-0.1, -0.05) is 19.9 Å². The smallest absolute Gasteiger partial charge is 0.175 e. The van der Waals surface area contributed by atoms with Crippen LogP contribution in [0.3, 0.4) is 0 Å². The van der Waals surface area contributed by atoms with E-state index in [9.17, 15) is 10.5 Å². The van der Waals surface area contributed by atoms with Gasteiger partial charge in [-0.15, -0.1) is 23.5 Å². The van der Waals surface area contributed by atoms with Gasteiger partial charge in [0.1, 0.15) is 16.7 Å². The summed E-state index contributed by atoms with van der Waals surface area (Å²) in [4.78, 5) is 9.04. The molecule has 1 aromatic heterocycles. The molecule has 1 aliphatic heterocycles. The van der Waals surface area contributed by atoms with Crippen molar-refractivity contribution >= 4 is 29.4 Å². The van der Waals surface area contributed by atoms with Crippen LogP contribution in [-0.2, 0) is 0 Å². The predicted molar refractivity (Wildman–Crippen MR) is 93.7 cm³/mol. The van der Waals surface area contributed by atoms with Gasteiger partial charge in [-0.05, 0) is 23.6 Å². The SMILES string of the molecule is CCSC1(SCC)N=C(N)C2(C#N)C(c3ccccn3)C12C#N. The fourth-order valence-corrected chi connectivity index (χ4v) is 6.99. The van der Waals surface area contributed by atoms with Gasteiger partial charge in [0.15, 0.2) is 4.20 Å². The molecule has 3 atom stereocenters. The summed E-state index contributed by atoms with van der Waals surface area (Å²) < 4.78 is -0.743. The van der Waals surface area contributed by atoms with Crippen molar-refractivity contribution in [1.82, 2.24) is 4.98 Å². The minimum Gasteiger partial charge on any atom is -0.386 e. The molecule has 118 valence electrons. The molecule has 2 aliphatic rings. The number of hydrogen-bond donors (Lipinski definition) is 1. The molecule has 1 aromatic rings. The van der Waals surface area contributed by atoms with Gasteiger partial charge in [0.25, 0.3) is 0 Å². The number of aliphatic imine (C=N–C) groups is 1. The van der Waals surface area contributed by atoms with Gasteiger partial charge in [-0.3, -0.25) is 4.98 Å². The third kappa shape index (κ3) is 1.70. The van der Waals surface area contributed by atoms with E-state index in [0.717, 1.165) is 17.2 Å². The number of pyridine rings is 1. The third-order valence-electron chi connectivity index (χ3n) is 4.59. The molecule has 1 fully saturated rings. The van der Waals surface area contributed by atoms with E-state index in [0.29, 0.717) is 0 Å². The summed E-state index contributed by atoms with van der Waals surface area (Å²) in [6, 6.07) is 10.3. The lowest BCUT2D eigenvalue weighted by Gasteiger charge is -2.31. The van der Waals surface area contributed by atoms with E-state index >= 15 is 0 Å². The predicted octanol–water partition coefficient (Wildman–Crippen LogP) is 2.73. The molecular formula is C16H17N5S2. The van der Waals surface area contributed by atoms with Crippen molar-refractivity contribution in [2.24, 2.45) is 21.6 Å². The van der Waals surface area contributed by atoms with Crippen molar-refractivity contribution < 1.29 is 0 Å². The Morgan fingerprint density at radius 1 is 1.22 bits per heavy atom. The summed E-state index contributed by atoms with van der Waals surface area (Å²) in [6.07, 6.45) is 1.69. The molecule has 3 rings (SSSR count). The van der Waals surface area contributed by atoms with Crippen LogP contribution < -0.4 is 5.73 Å². The molecule has 7 heteroatoms. The lowest BCUT2D eigenvalue weighted by atomic mass is 9.97. The summed E-state index contributed by atoms with van der Waals surface area (Å²) in [7, 11) is 0. The first-order valence-electron chi connectivity index (χ1n) is 7.47. The zero-order valence-electron chi connectivity index (χ0n) is 13.0. The Kier molecular flexibility index (Phi) is 3.82. The van der Waals surface area contributed by atoms with Gasteiger partial charge in [-0.25, -0.2) is 4.99 Å². The van der Waals surface area contributed by atoms with E-state index in [4.69, 9.17) is 5.73 Å². The maximum Gasteiger partial charge on any atom is 0.175 e. The number of aromatic nitrogens is 1. The molecule has 0 amide bonds. The highest BCUT2D eigenvalue weighted by atomic mass is 32.2. The van der Waals surface area contributed by atoms with Gasteiger partial charge in [0.2, 0.25) is 0 Å². The molecule has 2 N–H and O–H groups in total. The zero-order chi connectivity index (χ0) is 16.7. The van der Waals surface area contributed by atoms with E-state index in [2.05, 4.69) is 22.1 Å². The first-order valence-corrected chi connectivity index (χ1v) is 9.44. The second-order valence-electron chi connectivity index (χ2n) is 5.47. The average Bonchev–Trinajstić information content (AvgIpc) is 3.15. The topological polar surface area (TPSA) is 98.8 Å². The van der Waals surface area contributed by atoms with Crippen LogP contribution in [0.5, 0.6) is 0 Å². The van der Waals surface area contributed by atoms with Gasteiger partial charge >= 0.3 is 0 Å². The van der Waals surface area contributed by atoms with E-state index in [1.54, 1.807) is 29.7 Å². The Morgan fingerprint density at radius 2 is 1.91 bits per heavy atom. The maximum atomic E-state index is 10.1. The molecular weight excluding hydrogens is 326 g/mol. The van der Waals surface area contributed by atoms with E-state index < -0.39 is 15.0 Å². The van der Waals surface area contributed by atoms with Crippen LogP contribution in [0.2, 0.25) is 0 Å². The Hall–Kier alpha value is -1.70. The molecule has 2 heterocycles. The molecule has 0 spiro atoms. The van der Waals surface area contributed by atoms with Crippen LogP contribution in [0.15, 0.2) is 29.4 Å². The lowest BCUT2D eigenvalue weighted by Crippen LogP contribution is -2.31. The van der Waals surface area contributed by atoms with Gasteiger partial charge < -0.3 is 5.73 Å². The molecule has 1 saturated carbocycles. The van der Waals surface area contributed by atoms with Gasteiger partial charge in [0, 0.05) is 11.9 Å². The van der Waals surface area contributed by atoms with Crippen LogP contribution in [0.1, 0.15) is 25.5 Å². The Balaban J connectivity index is 2.22. The number of nitrogens with zero attached hydrogens (tertiary/aromatic N) is 4. The zero-order valence-corrected chi connectivity index (χ0v) is 14.6. The third-order valence-corrected chi connectivity index (χ3v) is 7.48. The first-order chi connectivity index (χ1) is 11.1. The number of nitriles is 2. The summed E-state index contributed by atoms with van der Waals surface area (Å²) in [5.41, 5.74) is 4.92. The van der Waals surface area contributed by atoms with Crippen LogP contribution in [0, 0.1) is 33.5 Å². The molecule has 1 aliphatic carbocycles. The second kappa shape index (κ2) is 5.43. The highest BCUT2D eigenvalue weighted by Gasteiger charge is 2.92. The van der Waals surface area contributed by atoms with Crippen molar-refractivity contribution in [1.29, 1.82) is 10.5 Å². The number of rotatable bonds is 5. The van der Waals surface area contributed by atoms with Crippen molar-refractivity contribution in [3.05, 3.63) is 30.1 Å². The molecule has 23 heavy (non-hydrogen) atoms.